The van der Waals surface area contributed by atoms with Crippen LogP contribution in [-0.4, -0.2) is 18.3 Å². The number of hydrogen-bond acceptors (Lipinski definition) is 4. The molecule has 0 unspecified atom stereocenters. The lowest BCUT2D eigenvalue weighted by Gasteiger charge is -2.02. The molecule has 0 saturated carbocycles. The van der Waals surface area contributed by atoms with Crippen LogP contribution >= 0.6 is 0 Å². The van der Waals surface area contributed by atoms with E-state index in [1.165, 1.54) is 0 Å². The Hall–Kier alpha value is -2.54. The van der Waals surface area contributed by atoms with Gasteiger partial charge in [-0.2, -0.15) is 0 Å². The second-order valence-electron chi connectivity index (χ2n) is 3.68. The molecule has 0 aliphatic carbocycles. The van der Waals surface area contributed by atoms with Gasteiger partial charge in [-0.15, -0.1) is 6.42 Å². The first-order valence-electron chi connectivity index (χ1n) is 5.35. The molecule has 90 valence electrons. The smallest absolute Gasteiger partial charge is 0.367 e. The summed E-state index contributed by atoms with van der Waals surface area (Å²) in [5.41, 5.74) is 1.91. The first-order chi connectivity index (χ1) is 8.70. The third-order valence-corrected chi connectivity index (χ3v) is 2.39. The Kier molecular flexibility index (Phi) is 3.44. The first-order valence-corrected chi connectivity index (χ1v) is 5.35. The Balaban J connectivity index is 2.16. The van der Waals surface area contributed by atoms with Gasteiger partial charge in [0.2, 0.25) is 0 Å². The molecule has 0 amide bonds. The van der Waals surface area contributed by atoms with E-state index in [0.717, 1.165) is 5.56 Å². The molecule has 1 aromatic rings. The van der Waals surface area contributed by atoms with Crippen molar-refractivity contribution in [1.82, 2.24) is 0 Å². The third kappa shape index (κ3) is 2.58. The van der Waals surface area contributed by atoms with Crippen LogP contribution in [0, 0.1) is 12.3 Å². The summed E-state index contributed by atoms with van der Waals surface area (Å²) < 4.78 is 5.25. The normalized spacial score (nSPS) is 16.1. The van der Waals surface area contributed by atoms with E-state index in [9.17, 15) is 4.79 Å². The van der Waals surface area contributed by atoms with E-state index in [-0.39, 0.29) is 6.61 Å². The van der Waals surface area contributed by atoms with Gasteiger partial charge < -0.3 is 9.57 Å². The molecule has 0 N–H and O–H groups in total. The molecule has 0 radical (unpaired) electrons. The van der Waals surface area contributed by atoms with E-state index in [2.05, 4.69) is 15.9 Å². The van der Waals surface area contributed by atoms with Crippen LogP contribution in [0.15, 0.2) is 35.0 Å². The molecule has 0 atom stereocenters. The minimum atomic E-state index is -0.430. The topological polar surface area (TPSA) is 47.9 Å². The second kappa shape index (κ2) is 5.19. The van der Waals surface area contributed by atoms with Gasteiger partial charge in [-0.1, -0.05) is 23.2 Å². The van der Waals surface area contributed by atoms with Gasteiger partial charge in [0.25, 0.3) is 0 Å². The van der Waals surface area contributed by atoms with Crippen molar-refractivity contribution in [3.63, 3.8) is 0 Å². The molecule has 1 aliphatic heterocycles. The van der Waals surface area contributed by atoms with Crippen molar-refractivity contribution in [1.29, 1.82) is 0 Å². The van der Waals surface area contributed by atoms with E-state index in [1.807, 2.05) is 12.1 Å². The van der Waals surface area contributed by atoms with Crippen molar-refractivity contribution in [3.8, 4) is 18.1 Å². The Labute approximate surface area is 105 Å². The van der Waals surface area contributed by atoms with Crippen molar-refractivity contribution in [2.75, 3.05) is 6.61 Å². The average molecular weight is 241 g/mol. The largest absolute Gasteiger partial charge is 0.481 e. The number of hydrogen-bond donors (Lipinski definition) is 0. The Bertz CT molecular complexity index is 562. The van der Waals surface area contributed by atoms with Gasteiger partial charge in [0.1, 0.15) is 12.4 Å². The molecule has 0 spiro atoms. The minimum Gasteiger partial charge on any atom is -0.481 e. The summed E-state index contributed by atoms with van der Waals surface area (Å²) in [5.74, 6) is 2.65. The van der Waals surface area contributed by atoms with Gasteiger partial charge in [-0.05, 0) is 30.7 Å². The van der Waals surface area contributed by atoms with Crippen molar-refractivity contribution < 1.29 is 14.4 Å². The summed E-state index contributed by atoms with van der Waals surface area (Å²) >= 11 is 0. The lowest BCUT2D eigenvalue weighted by atomic mass is 10.1. The summed E-state index contributed by atoms with van der Waals surface area (Å²) in [6, 6.07) is 7.24. The summed E-state index contributed by atoms with van der Waals surface area (Å²) in [4.78, 5) is 15.9. The zero-order valence-corrected chi connectivity index (χ0v) is 9.84. The Morgan fingerprint density at radius 1 is 1.44 bits per heavy atom. The quantitative estimate of drug-likeness (QED) is 0.462. The highest BCUT2D eigenvalue weighted by Gasteiger charge is 2.21. The average Bonchev–Trinajstić information content (AvgIpc) is 2.70. The molecule has 1 heterocycles. The van der Waals surface area contributed by atoms with Crippen LogP contribution in [0.2, 0.25) is 0 Å². The SMILES string of the molecule is C#CCOc1ccc(/C=C2\C(=O)ON=C2C)cc1. The van der Waals surface area contributed by atoms with Gasteiger partial charge in [-0.3, -0.25) is 0 Å². The third-order valence-electron chi connectivity index (χ3n) is 2.39. The maximum atomic E-state index is 11.3. The van der Waals surface area contributed by atoms with Gasteiger partial charge >= 0.3 is 5.97 Å². The molecule has 0 aromatic heterocycles. The van der Waals surface area contributed by atoms with Gasteiger partial charge in [0, 0.05) is 0 Å². The number of carbonyl (C=O) groups is 1. The van der Waals surface area contributed by atoms with Crippen molar-refractivity contribution in [2.24, 2.45) is 5.16 Å². The first kappa shape index (κ1) is 11.9. The number of oxime groups is 1. The molecular weight excluding hydrogens is 230 g/mol. The van der Waals surface area contributed by atoms with Crippen LogP contribution in [0.3, 0.4) is 0 Å². The highest BCUT2D eigenvalue weighted by atomic mass is 16.7. The highest BCUT2D eigenvalue weighted by Crippen LogP contribution is 2.18. The van der Waals surface area contributed by atoms with Gasteiger partial charge in [0.15, 0.2) is 0 Å². The fourth-order valence-electron chi connectivity index (χ4n) is 1.47. The summed E-state index contributed by atoms with van der Waals surface area (Å²) in [7, 11) is 0. The van der Waals surface area contributed by atoms with Crippen LogP contribution in [0.5, 0.6) is 5.75 Å². The van der Waals surface area contributed by atoms with Gasteiger partial charge in [0.05, 0.1) is 11.3 Å². The number of carbonyl (C=O) groups excluding carboxylic acids is 1. The lowest BCUT2D eigenvalue weighted by Crippen LogP contribution is -2.01. The van der Waals surface area contributed by atoms with Crippen LogP contribution < -0.4 is 4.74 Å². The molecule has 2 rings (SSSR count). The number of ether oxygens (including phenoxy) is 1. The summed E-state index contributed by atoms with van der Waals surface area (Å²) in [6.45, 7) is 1.96. The van der Waals surface area contributed by atoms with Crippen LogP contribution in [0.25, 0.3) is 6.08 Å². The van der Waals surface area contributed by atoms with Crippen molar-refractivity contribution in [2.45, 2.75) is 6.92 Å². The fourth-order valence-corrected chi connectivity index (χ4v) is 1.47. The Morgan fingerprint density at radius 3 is 2.72 bits per heavy atom. The maximum Gasteiger partial charge on any atom is 0.367 e. The molecule has 1 aromatic carbocycles. The number of benzene rings is 1. The summed E-state index contributed by atoms with van der Waals surface area (Å²) in [6.07, 6.45) is 6.82. The van der Waals surface area contributed by atoms with Gasteiger partial charge in [-0.25, -0.2) is 4.79 Å². The molecule has 0 bridgehead atoms. The molecule has 0 fully saturated rings. The van der Waals surface area contributed by atoms with E-state index in [1.54, 1.807) is 25.1 Å². The van der Waals surface area contributed by atoms with E-state index in [4.69, 9.17) is 11.2 Å². The van der Waals surface area contributed by atoms with E-state index < -0.39 is 5.97 Å². The zero-order chi connectivity index (χ0) is 13.0. The lowest BCUT2D eigenvalue weighted by molar-refractivity contribution is -0.136. The monoisotopic (exact) mass is 241 g/mol. The number of nitrogens with zero attached hydrogens (tertiary/aromatic N) is 1. The second-order valence-corrected chi connectivity index (χ2v) is 3.68. The molecule has 18 heavy (non-hydrogen) atoms. The zero-order valence-electron chi connectivity index (χ0n) is 9.84. The Morgan fingerprint density at radius 2 is 2.17 bits per heavy atom. The van der Waals surface area contributed by atoms with Crippen LogP contribution in [0.4, 0.5) is 0 Å². The number of terminal acetylenes is 1. The van der Waals surface area contributed by atoms with E-state index >= 15 is 0 Å². The predicted octanol–water partition coefficient (Wildman–Crippen LogP) is 2.01. The molecule has 4 nitrogen and oxygen atoms in total. The maximum absolute atomic E-state index is 11.3. The van der Waals surface area contributed by atoms with Crippen LogP contribution in [-0.2, 0) is 9.63 Å². The van der Waals surface area contributed by atoms with E-state index in [0.29, 0.717) is 17.0 Å². The summed E-state index contributed by atoms with van der Waals surface area (Å²) in [5, 5.41) is 3.60. The molecule has 0 saturated heterocycles. The standard InChI is InChI=1S/C14H11NO3/c1-3-8-17-12-6-4-11(5-7-12)9-13-10(2)15-18-14(13)16/h1,4-7,9H,8H2,2H3/b13-9-. The van der Waals surface area contributed by atoms with Crippen molar-refractivity contribution >= 4 is 17.8 Å². The van der Waals surface area contributed by atoms with Crippen LogP contribution in [0.1, 0.15) is 12.5 Å². The fraction of sp³-hybridized carbons (Fsp3) is 0.143. The number of rotatable bonds is 3. The molecular formula is C14H11NO3. The highest BCUT2D eigenvalue weighted by molar-refractivity contribution is 6.24. The molecule has 1 aliphatic rings. The molecule has 4 heteroatoms. The minimum absolute atomic E-state index is 0.235. The predicted molar refractivity (Wildman–Crippen MR) is 67.9 cm³/mol. The van der Waals surface area contributed by atoms with Crippen molar-refractivity contribution in [3.05, 3.63) is 35.4 Å².